The normalized spacial score (nSPS) is 12.5. The van der Waals surface area contributed by atoms with Crippen molar-refractivity contribution in [2.75, 3.05) is 13.7 Å². The highest BCUT2D eigenvalue weighted by Crippen LogP contribution is 2.34. The summed E-state index contributed by atoms with van der Waals surface area (Å²) in [5, 5.41) is 0.229. The molecule has 1 aromatic carbocycles. The van der Waals surface area contributed by atoms with Crippen molar-refractivity contribution in [1.82, 2.24) is 4.72 Å². The van der Waals surface area contributed by atoms with E-state index in [4.69, 9.17) is 22.1 Å². The molecule has 120 valence electrons. The summed E-state index contributed by atoms with van der Waals surface area (Å²) in [4.78, 5) is 0.0630. The highest BCUT2D eigenvalue weighted by atomic mass is 79.9. The van der Waals surface area contributed by atoms with Crippen LogP contribution in [0.1, 0.15) is 26.7 Å². The summed E-state index contributed by atoms with van der Waals surface area (Å²) in [6.45, 7) is 4.02. The Balaban J connectivity index is 3.29. The lowest BCUT2D eigenvalue weighted by Gasteiger charge is -2.31. The van der Waals surface area contributed by atoms with Crippen LogP contribution in [0.25, 0.3) is 0 Å². The van der Waals surface area contributed by atoms with E-state index in [9.17, 15) is 8.42 Å². The smallest absolute Gasteiger partial charge is 0.242 e. The van der Waals surface area contributed by atoms with Gasteiger partial charge in [-0.05, 0) is 40.9 Å². The Morgan fingerprint density at radius 2 is 1.95 bits per heavy atom. The monoisotopic (exact) mass is 398 g/mol. The standard InChI is InChI=1S/C13H20BrClN2O3S/c1-4-13(5-2,8-16)17-21(18,19)12-7-10(15)11(20-3)6-9(12)14/h6-7,17H,4-5,8,16H2,1-3H3. The number of benzene rings is 1. The van der Waals surface area contributed by atoms with E-state index in [1.807, 2.05) is 13.8 Å². The van der Waals surface area contributed by atoms with E-state index in [0.29, 0.717) is 23.1 Å². The van der Waals surface area contributed by atoms with Crippen LogP contribution in [-0.2, 0) is 10.0 Å². The van der Waals surface area contributed by atoms with Crippen molar-refractivity contribution in [2.45, 2.75) is 37.1 Å². The van der Waals surface area contributed by atoms with Crippen molar-refractivity contribution in [3.05, 3.63) is 21.6 Å². The highest BCUT2D eigenvalue weighted by molar-refractivity contribution is 9.10. The second-order valence-corrected chi connectivity index (χ2v) is 7.63. The molecular weight excluding hydrogens is 380 g/mol. The summed E-state index contributed by atoms with van der Waals surface area (Å²) in [5.41, 5.74) is 5.08. The van der Waals surface area contributed by atoms with Gasteiger partial charge in [-0.15, -0.1) is 0 Å². The molecule has 0 amide bonds. The molecule has 0 aliphatic carbocycles. The summed E-state index contributed by atoms with van der Waals surface area (Å²) in [5.74, 6) is 0.401. The largest absolute Gasteiger partial charge is 0.495 e. The lowest BCUT2D eigenvalue weighted by molar-refractivity contribution is 0.363. The fourth-order valence-electron chi connectivity index (χ4n) is 1.94. The fraction of sp³-hybridized carbons (Fsp3) is 0.538. The van der Waals surface area contributed by atoms with Gasteiger partial charge in [0.25, 0.3) is 0 Å². The van der Waals surface area contributed by atoms with Gasteiger partial charge in [-0.1, -0.05) is 25.4 Å². The minimum Gasteiger partial charge on any atom is -0.495 e. The number of ether oxygens (including phenoxy) is 1. The Bertz CT molecular complexity index is 595. The predicted molar refractivity (Wildman–Crippen MR) is 88.4 cm³/mol. The van der Waals surface area contributed by atoms with Crippen molar-refractivity contribution in [1.29, 1.82) is 0 Å². The minimum absolute atomic E-state index is 0.0630. The summed E-state index contributed by atoms with van der Waals surface area (Å²) < 4.78 is 33.3. The van der Waals surface area contributed by atoms with Gasteiger partial charge in [0.1, 0.15) is 5.75 Å². The first kappa shape index (κ1) is 18.7. The SMILES string of the molecule is CCC(CC)(CN)NS(=O)(=O)c1cc(Cl)c(OC)cc1Br. The maximum absolute atomic E-state index is 12.6. The summed E-state index contributed by atoms with van der Waals surface area (Å²) >= 11 is 9.26. The first-order valence-corrected chi connectivity index (χ1v) is 9.17. The van der Waals surface area contributed by atoms with Crippen LogP contribution in [0.4, 0.5) is 0 Å². The molecular formula is C13H20BrClN2O3S. The van der Waals surface area contributed by atoms with Crippen LogP contribution in [0.15, 0.2) is 21.5 Å². The van der Waals surface area contributed by atoms with Gasteiger partial charge in [0.15, 0.2) is 0 Å². The number of hydrogen-bond acceptors (Lipinski definition) is 4. The Hall–Kier alpha value is -0.340. The van der Waals surface area contributed by atoms with Crippen molar-refractivity contribution in [2.24, 2.45) is 5.73 Å². The topological polar surface area (TPSA) is 81.4 Å². The van der Waals surface area contributed by atoms with Crippen LogP contribution in [0.5, 0.6) is 5.75 Å². The second kappa shape index (κ2) is 7.28. The molecule has 0 unspecified atom stereocenters. The molecule has 0 radical (unpaired) electrons. The number of sulfonamides is 1. The molecule has 5 nitrogen and oxygen atoms in total. The maximum atomic E-state index is 12.6. The Morgan fingerprint density at radius 3 is 2.38 bits per heavy atom. The number of rotatable bonds is 7. The van der Waals surface area contributed by atoms with Crippen molar-refractivity contribution >= 4 is 37.6 Å². The van der Waals surface area contributed by atoms with Gasteiger partial charge in [-0.2, -0.15) is 0 Å². The van der Waals surface area contributed by atoms with Gasteiger partial charge in [0.05, 0.1) is 17.0 Å². The number of hydrogen-bond donors (Lipinski definition) is 2. The summed E-state index contributed by atoms with van der Waals surface area (Å²) in [6.07, 6.45) is 1.20. The molecule has 0 aliphatic heterocycles. The molecule has 0 saturated heterocycles. The Labute approximate surface area is 139 Å². The molecule has 3 N–H and O–H groups in total. The molecule has 1 aromatic rings. The van der Waals surface area contributed by atoms with E-state index < -0.39 is 15.6 Å². The number of halogens is 2. The van der Waals surface area contributed by atoms with Crippen LogP contribution < -0.4 is 15.2 Å². The molecule has 0 heterocycles. The summed E-state index contributed by atoms with van der Waals surface area (Å²) in [6, 6.07) is 2.89. The van der Waals surface area contributed by atoms with Crippen molar-refractivity contribution < 1.29 is 13.2 Å². The fourth-order valence-corrected chi connectivity index (χ4v) is 4.85. The molecule has 1 rings (SSSR count). The first-order valence-electron chi connectivity index (χ1n) is 6.52. The van der Waals surface area contributed by atoms with E-state index >= 15 is 0 Å². The van der Waals surface area contributed by atoms with Crippen molar-refractivity contribution in [3.8, 4) is 5.75 Å². The molecule has 21 heavy (non-hydrogen) atoms. The van der Waals surface area contributed by atoms with Crippen molar-refractivity contribution in [3.63, 3.8) is 0 Å². The van der Waals surface area contributed by atoms with Crippen LogP contribution >= 0.6 is 27.5 Å². The van der Waals surface area contributed by atoms with Gasteiger partial charge in [0, 0.05) is 16.6 Å². The molecule has 8 heteroatoms. The van der Waals surface area contributed by atoms with E-state index in [-0.39, 0.29) is 16.5 Å². The third-order valence-corrected chi connectivity index (χ3v) is 6.42. The quantitative estimate of drug-likeness (QED) is 0.738. The van der Waals surface area contributed by atoms with Crippen LogP contribution in [0.3, 0.4) is 0 Å². The van der Waals surface area contributed by atoms with E-state index in [0.717, 1.165) is 0 Å². The number of methoxy groups -OCH3 is 1. The molecule has 0 atom stereocenters. The minimum atomic E-state index is -3.75. The number of nitrogens with one attached hydrogen (secondary N) is 1. The third kappa shape index (κ3) is 4.10. The first-order chi connectivity index (χ1) is 9.75. The van der Waals surface area contributed by atoms with Crippen LogP contribution in [-0.4, -0.2) is 27.6 Å². The van der Waals surface area contributed by atoms with Gasteiger partial charge in [-0.25, -0.2) is 13.1 Å². The lowest BCUT2D eigenvalue weighted by Crippen LogP contribution is -2.52. The molecule has 0 bridgehead atoms. The molecule has 0 spiro atoms. The van der Waals surface area contributed by atoms with E-state index in [1.54, 1.807) is 0 Å². The zero-order valence-corrected chi connectivity index (χ0v) is 15.4. The predicted octanol–water partition coefficient (Wildman–Crippen LogP) is 2.91. The zero-order chi connectivity index (χ0) is 16.3. The number of nitrogens with two attached hydrogens (primary N) is 1. The van der Waals surface area contributed by atoms with E-state index in [1.165, 1.54) is 19.2 Å². The summed E-state index contributed by atoms with van der Waals surface area (Å²) in [7, 11) is -2.28. The van der Waals surface area contributed by atoms with Gasteiger partial charge in [-0.3, -0.25) is 0 Å². The van der Waals surface area contributed by atoms with Gasteiger partial charge >= 0.3 is 0 Å². The second-order valence-electron chi connectivity index (χ2n) is 4.71. The van der Waals surface area contributed by atoms with Crippen LogP contribution in [0.2, 0.25) is 5.02 Å². The van der Waals surface area contributed by atoms with Gasteiger partial charge < -0.3 is 10.5 Å². The average molecular weight is 400 g/mol. The molecule has 0 aromatic heterocycles. The van der Waals surface area contributed by atoms with E-state index in [2.05, 4.69) is 20.7 Å². The molecule has 0 saturated carbocycles. The lowest BCUT2D eigenvalue weighted by atomic mass is 9.95. The Morgan fingerprint density at radius 1 is 1.38 bits per heavy atom. The van der Waals surface area contributed by atoms with Crippen LogP contribution in [0, 0.1) is 0 Å². The molecule has 0 fully saturated rings. The molecule has 0 aliphatic rings. The van der Waals surface area contributed by atoms with Gasteiger partial charge in [0.2, 0.25) is 10.0 Å². The average Bonchev–Trinajstić information content (AvgIpc) is 2.46. The highest BCUT2D eigenvalue weighted by Gasteiger charge is 2.32. The zero-order valence-electron chi connectivity index (χ0n) is 12.2. The Kier molecular flexibility index (Phi) is 6.49. The maximum Gasteiger partial charge on any atom is 0.242 e. The third-order valence-electron chi connectivity index (χ3n) is 3.59.